The number of hydrogen-bond acceptors (Lipinski definition) is 2. The van der Waals surface area contributed by atoms with Crippen molar-refractivity contribution < 1.29 is 0 Å². The molecule has 0 N–H and O–H groups in total. The Balaban J connectivity index is 2.53. The van der Waals surface area contributed by atoms with Crippen molar-refractivity contribution >= 4 is 17.2 Å². The number of likely N-dealkylation sites (tertiary alicyclic amines) is 1. The Morgan fingerprint density at radius 1 is 1.31 bits per heavy atom. The molecule has 16 heavy (non-hydrogen) atoms. The zero-order chi connectivity index (χ0) is 12.1. The molecule has 0 bridgehead atoms. The van der Waals surface area contributed by atoms with Crippen LogP contribution < -0.4 is 0 Å². The van der Waals surface area contributed by atoms with E-state index in [-0.39, 0.29) is 0 Å². The highest BCUT2D eigenvalue weighted by atomic mass is 32.1. The molecule has 2 unspecified atom stereocenters. The van der Waals surface area contributed by atoms with Crippen LogP contribution in [-0.2, 0) is 0 Å². The highest BCUT2D eigenvalue weighted by Crippen LogP contribution is 2.28. The first-order chi connectivity index (χ1) is 7.63. The van der Waals surface area contributed by atoms with Gasteiger partial charge in [0.15, 0.2) is 0 Å². The molecule has 0 spiro atoms. The molecule has 0 saturated carbocycles. The number of rotatable bonds is 6. The fourth-order valence-corrected chi connectivity index (χ4v) is 2.97. The summed E-state index contributed by atoms with van der Waals surface area (Å²) in [5.41, 5.74) is 0. The third-order valence-corrected chi connectivity index (χ3v) is 4.42. The molecule has 1 fully saturated rings. The summed E-state index contributed by atoms with van der Waals surface area (Å²) in [5, 5.41) is 0. The zero-order valence-electron chi connectivity index (χ0n) is 11.2. The lowest BCUT2D eigenvalue weighted by molar-refractivity contribution is 0.274. The zero-order valence-corrected chi connectivity index (χ0v) is 12.0. The molecule has 1 heterocycles. The van der Waals surface area contributed by atoms with Crippen molar-refractivity contribution in [2.45, 2.75) is 46.1 Å². The van der Waals surface area contributed by atoms with Crippen LogP contribution in [0.1, 0.15) is 40.0 Å². The van der Waals surface area contributed by atoms with Crippen LogP contribution >= 0.6 is 12.2 Å². The van der Waals surface area contributed by atoms with Gasteiger partial charge in [-0.05, 0) is 25.9 Å². The van der Waals surface area contributed by atoms with E-state index >= 15 is 0 Å². The average molecular weight is 242 g/mol. The van der Waals surface area contributed by atoms with Crippen LogP contribution in [0.2, 0.25) is 0 Å². The van der Waals surface area contributed by atoms with E-state index in [4.69, 9.17) is 12.2 Å². The van der Waals surface area contributed by atoms with Gasteiger partial charge in [-0.2, -0.15) is 0 Å². The molecule has 1 saturated heterocycles. The van der Waals surface area contributed by atoms with Crippen LogP contribution in [0.5, 0.6) is 0 Å². The average Bonchev–Trinajstić information content (AvgIpc) is 2.55. The summed E-state index contributed by atoms with van der Waals surface area (Å²) in [4.78, 5) is 6.01. The Hall–Kier alpha value is -0.150. The lowest BCUT2D eigenvalue weighted by Crippen LogP contribution is -2.33. The molecule has 0 aromatic carbocycles. The van der Waals surface area contributed by atoms with Crippen molar-refractivity contribution in [3.05, 3.63) is 0 Å². The fourth-order valence-electron chi connectivity index (χ4n) is 2.65. The third-order valence-electron chi connectivity index (χ3n) is 3.80. The van der Waals surface area contributed by atoms with Crippen LogP contribution in [0.4, 0.5) is 0 Å². The minimum absolute atomic E-state index is 0.608. The second-order valence-electron chi connectivity index (χ2n) is 4.81. The summed E-state index contributed by atoms with van der Waals surface area (Å²) < 4.78 is 0. The van der Waals surface area contributed by atoms with Gasteiger partial charge >= 0.3 is 0 Å². The quantitative estimate of drug-likeness (QED) is 0.661. The second-order valence-corrected chi connectivity index (χ2v) is 5.23. The molecule has 0 aromatic heterocycles. The van der Waals surface area contributed by atoms with Gasteiger partial charge < -0.3 is 9.80 Å². The highest BCUT2D eigenvalue weighted by Gasteiger charge is 2.33. The molecule has 94 valence electrons. The van der Waals surface area contributed by atoms with E-state index < -0.39 is 0 Å². The van der Waals surface area contributed by atoms with E-state index in [9.17, 15) is 0 Å². The summed E-state index contributed by atoms with van der Waals surface area (Å²) in [6, 6.07) is 0.693. The van der Waals surface area contributed by atoms with Crippen molar-refractivity contribution in [2.24, 2.45) is 5.92 Å². The third kappa shape index (κ3) is 3.17. The number of thiocarbonyl (C=S) groups is 1. The molecule has 2 atom stereocenters. The van der Waals surface area contributed by atoms with E-state index in [1.54, 1.807) is 0 Å². The van der Waals surface area contributed by atoms with Crippen LogP contribution in [0.3, 0.4) is 0 Å². The molecular weight excluding hydrogens is 216 g/mol. The Morgan fingerprint density at radius 3 is 2.44 bits per heavy atom. The molecule has 0 amide bonds. The van der Waals surface area contributed by atoms with Gasteiger partial charge in [-0.1, -0.05) is 39.4 Å². The van der Waals surface area contributed by atoms with Crippen LogP contribution in [0, 0.1) is 5.92 Å². The minimum Gasteiger partial charge on any atom is -0.366 e. The SMILES string of the molecule is CCCC1CC(CN(CC)CC)C(=S)N1C. The predicted octanol–water partition coefficient (Wildman–Crippen LogP) is 2.78. The minimum atomic E-state index is 0.608. The Kier molecular flexibility index (Phi) is 5.70. The first-order valence-corrected chi connectivity index (χ1v) is 7.03. The summed E-state index contributed by atoms with van der Waals surface area (Å²) in [6.45, 7) is 10.1. The lowest BCUT2D eigenvalue weighted by atomic mass is 10.0. The number of hydrogen-bond donors (Lipinski definition) is 0. The summed E-state index contributed by atoms with van der Waals surface area (Å²) in [6.07, 6.45) is 3.81. The van der Waals surface area contributed by atoms with Gasteiger partial charge in [0.1, 0.15) is 0 Å². The van der Waals surface area contributed by atoms with Crippen molar-refractivity contribution in [1.82, 2.24) is 9.80 Å². The van der Waals surface area contributed by atoms with Crippen molar-refractivity contribution in [3.63, 3.8) is 0 Å². The topological polar surface area (TPSA) is 6.48 Å². The Bertz CT molecular complexity index is 226. The number of nitrogens with zero attached hydrogens (tertiary/aromatic N) is 2. The molecule has 1 rings (SSSR count). The van der Waals surface area contributed by atoms with Gasteiger partial charge in [-0.25, -0.2) is 0 Å². The standard InChI is InChI=1S/C13H26N2S/c1-5-8-12-9-11(13(16)14(12)4)10-15(6-2)7-3/h11-12H,5-10H2,1-4H3. The molecular formula is C13H26N2S. The van der Waals surface area contributed by atoms with Crippen LogP contribution in [-0.4, -0.2) is 47.5 Å². The van der Waals surface area contributed by atoms with E-state index in [1.807, 2.05) is 0 Å². The van der Waals surface area contributed by atoms with E-state index in [0.29, 0.717) is 12.0 Å². The van der Waals surface area contributed by atoms with E-state index in [1.165, 1.54) is 24.3 Å². The maximum absolute atomic E-state index is 5.57. The Labute approximate surface area is 106 Å². The maximum atomic E-state index is 5.57. The first kappa shape index (κ1) is 13.9. The molecule has 1 aliphatic heterocycles. The van der Waals surface area contributed by atoms with Gasteiger partial charge in [0.25, 0.3) is 0 Å². The maximum Gasteiger partial charge on any atom is 0.0824 e. The monoisotopic (exact) mass is 242 g/mol. The van der Waals surface area contributed by atoms with Gasteiger partial charge in [-0.3, -0.25) is 0 Å². The Morgan fingerprint density at radius 2 is 1.94 bits per heavy atom. The highest BCUT2D eigenvalue weighted by molar-refractivity contribution is 7.80. The molecule has 1 aliphatic rings. The largest absolute Gasteiger partial charge is 0.366 e. The molecule has 0 aromatic rings. The molecule has 0 radical (unpaired) electrons. The van der Waals surface area contributed by atoms with E-state index in [0.717, 1.165) is 19.6 Å². The fraction of sp³-hybridized carbons (Fsp3) is 0.923. The first-order valence-electron chi connectivity index (χ1n) is 6.62. The van der Waals surface area contributed by atoms with Crippen LogP contribution in [0.25, 0.3) is 0 Å². The van der Waals surface area contributed by atoms with Gasteiger partial charge in [-0.15, -0.1) is 0 Å². The van der Waals surface area contributed by atoms with Crippen molar-refractivity contribution in [3.8, 4) is 0 Å². The van der Waals surface area contributed by atoms with E-state index in [2.05, 4.69) is 37.6 Å². The smallest absolute Gasteiger partial charge is 0.0824 e. The summed E-state index contributed by atoms with van der Waals surface area (Å²) in [5.74, 6) is 0.608. The van der Waals surface area contributed by atoms with Gasteiger partial charge in [0.05, 0.1) is 4.99 Å². The lowest BCUT2D eigenvalue weighted by Gasteiger charge is -2.23. The normalized spacial score (nSPS) is 25.8. The van der Waals surface area contributed by atoms with Crippen molar-refractivity contribution in [1.29, 1.82) is 0 Å². The van der Waals surface area contributed by atoms with Crippen molar-refractivity contribution in [2.75, 3.05) is 26.7 Å². The summed E-state index contributed by atoms with van der Waals surface area (Å²) in [7, 11) is 2.17. The predicted molar refractivity (Wildman–Crippen MR) is 75.0 cm³/mol. The molecule has 0 aliphatic carbocycles. The molecule has 3 heteroatoms. The summed E-state index contributed by atoms with van der Waals surface area (Å²) >= 11 is 5.57. The van der Waals surface area contributed by atoms with Crippen LogP contribution in [0.15, 0.2) is 0 Å². The molecule has 2 nitrogen and oxygen atoms in total. The second kappa shape index (κ2) is 6.55. The van der Waals surface area contributed by atoms with Gasteiger partial charge in [0.2, 0.25) is 0 Å². The van der Waals surface area contributed by atoms with Gasteiger partial charge in [0, 0.05) is 25.6 Å².